The van der Waals surface area contributed by atoms with Gasteiger partial charge < -0.3 is 4.74 Å². The number of aryl methyl sites for hydroxylation is 1. The Morgan fingerprint density at radius 2 is 1.31 bits per heavy atom. The summed E-state index contributed by atoms with van der Waals surface area (Å²) >= 11 is 0. The number of methoxy groups -OCH3 is 1. The summed E-state index contributed by atoms with van der Waals surface area (Å²) in [6.07, 6.45) is 3.68. The molecule has 0 aliphatic carbocycles. The van der Waals surface area contributed by atoms with Gasteiger partial charge in [-0.3, -0.25) is 4.79 Å². The first kappa shape index (κ1) is 38.2. The van der Waals surface area contributed by atoms with E-state index >= 15 is 0 Å². The molecule has 4 heteroatoms. The molecule has 0 spiro atoms. The average Bonchev–Trinajstić information content (AvgIpc) is 2.98. The van der Waals surface area contributed by atoms with Crippen LogP contribution in [0.1, 0.15) is 108 Å². The van der Waals surface area contributed by atoms with Gasteiger partial charge in [0.2, 0.25) is 0 Å². The molecule has 0 unspecified atom stereocenters. The van der Waals surface area contributed by atoms with Crippen LogP contribution in [-0.2, 0) is 16.0 Å². The number of allylic oxidation sites excluding steroid dienone is 3. The maximum Gasteiger partial charge on any atom is 0.337 e. The minimum atomic E-state index is -0.512. The molecule has 0 atom stereocenters. The van der Waals surface area contributed by atoms with E-state index in [1.165, 1.54) is 35.4 Å². The number of rotatable bonds is 8. The summed E-state index contributed by atoms with van der Waals surface area (Å²) in [5.41, 5.74) is 7.05. The Bertz CT molecular complexity index is 1200. The van der Waals surface area contributed by atoms with Gasteiger partial charge in [0, 0.05) is 5.92 Å². The maximum atomic E-state index is 13.1. The predicted molar refractivity (Wildman–Crippen MR) is 177 cm³/mol. The normalized spacial score (nSPS) is 10.5. The molecule has 0 N–H and O–H groups in total. The third-order valence-corrected chi connectivity index (χ3v) is 6.37. The van der Waals surface area contributed by atoms with E-state index in [1.807, 2.05) is 27.7 Å². The van der Waals surface area contributed by atoms with Crippen molar-refractivity contribution in [2.24, 2.45) is 0 Å². The lowest BCUT2D eigenvalue weighted by molar-refractivity contribution is -0.113. The van der Waals surface area contributed by atoms with Crippen molar-refractivity contribution in [3.63, 3.8) is 0 Å². The van der Waals surface area contributed by atoms with Crippen LogP contribution in [0.15, 0.2) is 102 Å². The lowest BCUT2D eigenvalue weighted by atomic mass is 9.93. The van der Waals surface area contributed by atoms with E-state index in [9.17, 15) is 14.0 Å². The number of esters is 1. The van der Waals surface area contributed by atoms with Gasteiger partial charge in [0.05, 0.1) is 12.7 Å². The molecule has 42 heavy (non-hydrogen) atoms. The summed E-state index contributed by atoms with van der Waals surface area (Å²) in [7, 11) is 1.27. The minimum Gasteiger partial charge on any atom is -0.465 e. The first-order chi connectivity index (χ1) is 19.9. The van der Waals surface area contributed by atoms with Gasteiger partial charge in [0.1, 0.15) is 5.82 Å². The van der Waals surface area contributed by atoms with Crippen molar-refractivity contribution in [1.29, 1.82) is 0 Å². The summed E-state index contributed by atoms with van der Waals surface area (Å²) in [5.74, 6) is -0.150. The highest BCUT2D eigenvalue weighted by atomic mass is 19.1. The third kappa shape index (κ3) is 15.3. The second-order valence-electron chi connectivity index (χ2n) is 10.3. The zero-order chi connectivity index (χ0) is 32.1. The van der Waals surface area contributed by atoms with Crippen molar-refractivity contribution in [2.45, 2.75) is 87.0 Å². The molecule has 3 nitrogen and oxygen atoms in total. The zero-order valence-electron chi connectivity index (χ0n) is 27.2. The second kappa shape index (κ2) is 21.9. The lowest BCUT2D eigenvalue weighted by Gasteiger charge is -2.11. The van der Waals surface area contributed by atoms with Crippen LogP contribution >= 0.6 is 0 Å². The lowest BCUT2D eigenvalue weighted by Crippen LogP contribution is -2.02. The van der Waals surface area contributed by atoms with Gasteiger partial charge in [-0.05, 0) is 81.4 Å². The Morgan fingerprint density at radius 1 is 0.833 bits per heavy atom. The molecule has 228 valence electrons. The molecule has 0 amide bonds. The first-order valence-corrected chi connectivity index (χ1v) is 14.7. The summed E-state index contributed by atoms with van der Waals surface area (Å²) in [4.78, 5) is 22.0. The molecule has 3 rings (SSSR count). The van der Waals surface area contributed by atoms with E-state index in [0.29, 0.717) is 17.9 Å². The SMILES string of the molecule is C=C(C)C.CC(c1ccccc1)c1ccccc1.CCC/C(C)=C(\CC)C(C)=O.CCc1ccc(C(=O)OC)cc1F. The zero-order valence-corrected chi connectivity index (χ0v) is 27.2. The Morgan fingerprint density at radius 3 is 1.64 bits per heavy atom. The van der Waals surface area contributed by atoms with E-state index < -0.39 is 5.97 Å². The van der Waals surface area contributed by atoms with Crippen LogP contribution in [0.4, 0.5) is 4.39 Å². The molecule has 0 saturated carbocycles. The van der Waals surface area contributed by atoms with Crippen molar-refractivity contribution in [2.75, 3.05) is 7.11 Å². The first-order valence-electron chi connectivity index (χ1n) is 14.7. The van der Waals surface area contributed by atoms with E-state index in [2.05, 4.69) is 92.8 Å². The van der Waals surface area contributed by atoms with Crippen molar-refractivity contribution in [3.05, 3.63) is 130 Å². The second-order valence-corrected chi connectivity index (χ2v) is 10.3. The topological polar surface area (TPSA) is 43.4 Å². The van der Waals surface area contributed by atoms with E-state index in [4.69, 9.17) is 0 Å². The van der Waals surface area contributed by atoms with Gasteiger partial charge in [-0.15, -0.1) is 6.58 Å². The molecular weight excluding hydrogens is 523 g/mol. The molecule has 0 aromatic heterocycles. The number of hydrogen-bond donors (Lipinski definition) is 0. The van der Waals surface area contributed by atoms with Crippen LogP contribution in [0.25, 0.3) is 0 Å². The fraction of sp³-hybridized carbons (Fsp3) is 0.368. The molecule has 0 bridgehead atoms. The Balaban J connectivity index is 0.000000568. The Labute approximate surface area is 254 Å². The Kier molecular flexibility index (Phi) is 19.9. The Hall–Kier alpha value is -3.79. The molecule has 0 saturated heterocycles. The number of carbonyl (C=O) groups is 2. The molecule has 0 heterocycles. The van der Waals surface area contributed by atoms with Gasteiger partial charge in [0.15, 0.2) is 5.78 Å². The van der Waals surface area contributed by atoms with Gasteiger partial charge in [-0.2, -0.15) is 0 Å². The van der Waals surface area contributed by atoms with E-state index in [-0.39, 0.29) is 17.2 Å². The largest absolute Gasteiger partial charge is 0.465 e. The molecule has 3 aromatic carbocycles. The number of hydrogen-bond acceptors (Lipinski definition) is 3. The molecule has 3 aromatic rings. The highest BCUT2D eigenvalue weighted by Crippen LogP contribution is 2.23. The smallest absolute Gasteiger partial charge is 0.337 e. The number of ether oxygens (including phenoxy) is 1. The van der Waals surface area contributed by atoms with Crippen molar-refractivity contribution in [1.82, 2.24) is 0 Å². The number of Topliss-reactive ketones (excluding diaryl/α,β-unsaturated/α-hetero) is 1. The van der Waals surface area contributed by atoms with Crippen molar-refractivity contribution < 1.29 is 18.7 Å². The minimum absolute atomic E-state index is 0.235. The van der Waals surface area contributed by atoms with Gasteiger partial charge in [0.25, 0.3) is 0 Å². The predicted octanol–water partition coefficient (Wildman–Crippen LogP) is 10.7. The van der Waals surface area contributed by atoms with Gasteiger partial charge >= 0.3 is 5.97 Å². The van der Waals surface area contributed by atoms with E-state index in [1.54, 1.807) is 19.1 Å². The standard InChI is InChI=1S/C14H14.C10H11FO2.C10H18O.C4H8/c1-12(13-8-4-2-5-9-13)14-10-6-3-7-11-14;1-3-7-4-5-8(6-9(7)11)10(12)13-2;1-5-7-8(3)10(6-2)9(4)11;1-4(2)3/h2-12H,1H3;4-6H,3H2,1-2H3;5-7H2,1-4H3;1H2,2-3H3/b;;10-8+;. The molecule has 0 aliphatic rings. The third-order valence-electron chi connectivity index (χ3n) is 6.37. The maximum absolute atomic E-state index is 13.1. The summed E-state index contributed by atoms with van der Waals surface area (Å²) in [6.45, 7) is 19.5. The quantitative estimate of drug-likeness (QED) is 0.153. The highest BCUT2D eigenvalue weighted by Gasteiger charge is 2.08. The molecule has 0 aliphatic heterocycles. The summed E-state index contributed by atoms with van der Waals surface area (Å²) in [5, 5.41) is 0. The average molecular weight is 575 g/mol. The molecule has 0 fully saturated rings. The highest BCUT2D eigenvalue weighted by molar-refractivity contribution is 5.93. The fourth-order valence-corrected chi connectivity index (χ4v) is 4.13. The number of benzene rings is 3. The fourth-order valence-electron chi connectivity index (χ4n) is 4.13. The number of carbonyl (C=O) groups excluding carboxylic acids is 2. The van der Waals surface area contributed by atoms with Crippen LogP contribution in [0.2, 0.25) is 0 Å². The van der Waals surface area contributed by atoms with Crippen LogP contribution in [0, 0.1) is 5.82 Å². The number of ketones is 1. The van der Waals surface area contributed by atoms with Crippen molar-refractivity contribution >= 4 is 11.8 Å². The molecular formula is C38H51FO3. The monoisotopic (exact) mass is 574 g/mol. The van der Waals surface area contributed by atoms with Crippen LogP contribution < -0.4 is 0 Å². The number of halogens is 1. The van der Waals surface area contributed by atoms with Crippen LogP contribution in [0.5, 0.6) is 0 Å². The van der Waals surface area contributed by atoms with Crippen LogP contribution in [-0.4, -0.2) is 18.9 Å². The summed E-state index contributed by atoms with van der Waals surface area (Å²) < 4.78 is 17.6. The summed E-state index contributed by atoms with van der Waals surface area (Å²) in [6, 6.07) is 25.6. The van der Waals surface area contributed by atoms with Crippen molar-refractivity contribution in [3.8, 4) is 0 Å². The van der Waals surface area contributed by atoms with Gasteiger partial charge in [-0.1, -0.05) is 112 Å². The molecule has 0 radical (unpaired) electrons. The van der Waals surface area contributed by atoms with E-state index in [0.717, 1.165) is 24.8 Å². The van der Waals surface area contributed by atoms with Gasteiger partial charge in [-0.25, -0.2) is 9.18 Å². The van der Waals surface area contributed by atoms with Crippen LogP contribution in [0.3, 0.4) is 0 Å².